The molecule has 6 nitrogen and oxygen atoms in total. The Kier molecular flexibility index (Phi) is 5.45. The first kappa shape index (κ1) is 18.5. The molecule has 27 heavy (non-hydrogen) atoms. The van der Waals surface area contributed by atoms with Crippen LogP contribution in [0.2, 0.25) is 0 Å². The molecule has 0 saturated carbocycles. The molecule has 3 aromatic rings. The second-order valence-electron chi connectivity index (χ2n) is 6.62. The molecule has 0 fully saturated rings. The van der Waals surface area contributed by atoms with Crippen LogP contribution in [-0.4, -0.2) is 34.1 Å². The van der Waals surface area contributed by atoms with Gasteiger partial charge in [0.15, 0.2) is 0 Å². The Balaban J connectivity index is 1.72. The van der Waals surface area contributed by atoms with Crippen molar-refractivity contribution in [3.05, 3.63) is 65.9 Å². The first-order valence-corrected chi connectivity index (χ1v) is 8.79. The second kappa shape index (κ2) is 7.95. The molecule has 0 radical (unpaired) electrons. The van der Waals surface area contributed by atoms with Crippen LogP contribution in [0.5, 0.6) is 5.75 Å². The van der Waals surface area contributed by atoms with Crippen molar-refractivity contribution in [3.63, 3.8) is 0 Å². The number of aromatic nitrogens is 1. The highest BCUT2D eigenvalue weighted by Crippen LogP contribution is 2.19. The van der Waals surface area contributed by atoms with Gasteiger partial charge < -0.3 is 20.1 Å². The molecule has 140 valence electrons. The van der Waals surface area contributed by atoms with Crippen LogP contribution in [0.3, 0.4) is 0 Å². The maximum atomic E-state index is 12.5. The quantitative estimate of drug-likeness (QED) is 0.598. The molecule has 1 aromatic heterocycles. The zero-order valence-electron chi connectivity index (χ0n) is 15.2. The minimum absolute atomic E-state index is 0.0391. The molecule has 0 bridgehead atoms. The van der Waals surface area contributed by atoms with E-state index in [4.69, 9.17) is 4.74 Å². The number of ether oxygens (including phenoxy) is 1. The van der Waals surface area contributed by atoms with Crippen molar-refractivity contribution in [1.29, 1.82) is 0 Å². The van der Waals surface area contributed by atoms with Gasteiger partial charge in [0.25, 0.3) is 5.91 Å². The van der Waals surface area contributed by atoms with E-state index in [-0.39, 0.29) is 12.5 Å². The minimum atomic E-state index is -1.08. The van der Waals surface area contributed by atoms with E-state index in [1.54, 1.807) is 30.5 Å². The molecule has 3 N–H and O–H groups in total. The molecule has 1 amide bonds. The van der Waals surface area contributed by atoms with Crippen molar-refractivity contribution in [2.24, 2.45) is 0 Å². The van der Waals surface area contributed by atoms with Crippen LogP contribution < -0.4 is 10.1 Å². The van der Waals surface area contributed by atoms with Crippen LogP contribution in [0.1, 0.15) is 29.8 Å². The maximum absolute atomic E-state index is 12.5. The summed E-state index contributed by atoms with van der Waals surface area (Å²) in [5, 5.41) is 13.1. The summed E-state index contributed by atoms with van der Waals surface area (Å²) in [5.74, 6) is -0.846. The maximum Gasteiger partial charge on any atom is 0.326 e. The fourth-order valence-corrected chi connectivity index (χ4v) is 2.92. The number of fused-ring (bicyclic) bond motifs is 1. The van der Waals surface area contributed by atoms with Crippen LogP contribution >= 0.6 is 0 Å². The topological polar surface area (TPSA) is 91.4 Å². The van der Waals surface area contributed by atoms with Gasteiger partial charge in [0.1, 0.15) is 11.8 Å². The van der Waals surface area contributed by atoms with E-state index in [1.165, 1.54) is 0 Å². The fraction of sp³-hybridized carbons (Fsp3) is 0.238. The molecule has 0 saturated heterocycles. The number of para-hydroxylation sites is 1. The fourth-order valence-electron chi connectivity index (χ4n) is 2.92. The molecular weight excluding hydrogens is 344 g/mol. The first-order valence-electron chi connectivity index (χ1n) is 8.79. The molecule has 0 spiro atoms. The number of aliphatic carboxylic acids is 1. The third kappa shape index (κ3) is 4.47. The summed E-state index contributed by atoms with van der Waals surface area (Å²) in [6, 6.07) is 13.3. The number of nitrogens with one attached hydrogen (secondary N) is 2. The van der Waals surface area contributed by atoms with Crippen molar-refractivity contribution in [2.45, 2.75) is 32.4 Å². The van der Waals surface area contributed by atoms with Gasteiger partial charge in [0.05, 0.1) is 6.10 Å². The van der Waals surface area contributed by atoms with Crippen molar-refractivity contribution in [3.8, 4) is 5.75 Å². The van der Waals surface area contributed by atoms with Gasteiger partial charge in [-0.3, -0.25) is 4.79 Å². The van der Waals surface area contributed by atoms with Crippen LogP contribution in [0, 0.1) is 0 Å². The predicted molar refractivity (Wildman–Crippen MR) is 103 cm³/mol. The number of carboxylic acids is 1. The summed E-state index contributed by atoms with van der Waals surface area (Å²) in [4.78, 5) is 27.2. The second-order valence-corrected chi connectivity index (χ2v) is 6.62. The van der Waals surface area contributed by atoms with E-state index in [1.807, 2.05) is 38.1 Å². The zero-order valence-corrected chi connectivity index (χ0v) is 15.2. The standard InChI is InChI=1S/C21H22N2O4/c1-13(2)27-16-9-7-14(8-10-16)20(24)23-19(21(25)26)11-15-12-22-18-6-4-3-5-17(15)18/h3-10,12-13,19,22H,11H2,1-2H3,(H,23,24)(H,25,26)/t19-/m0/s1. The Morgan fingerprint density at radius 3 is 2.48 bits per heavy atom. The lowest BCUT2D eigenvalue weighted by Crippen LogP contribution is -2.42. The Morgan fingerprint density at radius 2 is 1.81 bits per heavy atom. The molecule has 3 rings (SSSR count). The van der Waals surface area contributed by atoms with Gasteiger partial charge in [0.2, 0.25) is 0 Å². The zero-order chi connectivity index (χ0) is 19.4. The van der Waals surface area contributed by atoms with Crippen LogP contribution in [0.15, 0.2) is 54.7 Å². The third-order valence-electron chi connectivity index (χ3n) is 4.19. The number of aromatic amines is 1. The summed E-state index contributed by atoms with van der Waals surface area (Å²) in [6.07, 6.45) is 2.02. The van der Waals surface area contributed by atoms with Gasteiger partial charge in [-0.2, -0.15) is 0 Å². The lowest BCUT2D eigenvalue weighted by molar-refractivity contribution is -0.139. The number of hydrogen-bond donors (Lipinski definition) is 3. The van der Waals surface area contributed by atoms with Gasteiger partial charge >= 0.3 is 5.97 Å². The summed E-state index contributed by atoms with van der Waals surface area (Å²) >= 11 is 0. The van der Waals surface area contributed by atoms with Gasteiger partial charge in [0, 0.05) is 29.1 Å². The van der Waals surface area contributed by atoms with E-state index in [2.05, 4.69) is 10.3 Å². The van der Waals surface area contributed by atoms with Crippen molar-refractivity contribution in [2.75, 3.05) is 0 Å². The summed E-state index contributed by atoms with van der Waals surface area (Å²) in [5.41, 5.74) is 2.17. The molecule has 1 heterocycles. The summed E-state index contributed by atoms with van der Waals surface area (Å²) in [6.45, 7) is 3.84. The summed E-state index contributed by atoms with van der Waals surface area (Å²) < 4.78 is 5.55. The van der Waals surface area contributed by atoms with E-state index in [9.17, 15) is 14.7 Å². The number of H-pyrrole nitrogens is 1. The number of carboxylic acid groups (broad SMARTS) is 1. The molecule has 1 atom stereocenters. The Bertz CT molecular complexity index is 944. The monoisotopic (exact) mass is 366 g/mol. The lowest BCUT2D eigenvalue weighted by atomic mass is 10.0. The van der Waals surface area contributed by atoms with E-state index >= 15 is 0 Å². The molecule has 2 aromatic carbocycles. The third-order valence-corrected chi connectivity index (χ3v) is 4.19. The lowest BCUT2D eigenvalue weighted by Gasteiger charge is -2.15. The number of hydrogen-bond acceptors (Lipinski definition) is 3. The number of carbonyl (C=O) groups excluding carboxylic acids is 1. The van der Waals surface area contributed by atoms with Crippen LogP contribution in [0.25, 0.3) is 10.9 Å². The highest BCUT2D eigenvalue weighted by molar-refractivity contribution is 5.97. The number of amides is 1. The van der Waals surface area contributed by atoms with Gasteiger partial charge in [-0.25, -0.2) is 4.79 Å². The predicted octanol–water partition coefficient (Wildman–Crippen LogP) is 3.38. The smallest absolute Gasteiger partial charge is 0.326 e. The highest BCUT2D eigenvalue weighted by atomic mass is 16.5. The van der Waals surface area contributed by atoms with E-state index in [0.717, 1.165) is 16.5 Å². The van der Waals surface area contributed by atoms with Gasteiger partial charge in [-0.1, -0.05) is 18.2 Å². The van der Waals surface area contributed by atoms with Crippen LogP contribution in [-0.2, 0) is 11.2 Å². The highest BCUT2D eigenvalue weighted by Gasteiger charge is 2.22. The Hall–Kier alpha value is -3.28. The molecule has 0 aliphatic rings. The van der Waals surface area contributed by atoms with Crippen LogP contribution in [0.4, 0.5) is 0 Å². The molecule has 0 aliphatic heterocycles. The van der Waals surface area contributed by atoms with E-state index in [0.29, 0.717) is 11.3 Å². The largest absolute Gasteiger partial charge is 0.491 e. The average Bonchev–Trinajstić information content (AvgIpc) is 3.04. The normalized spacial score (nSPS) is 12.1. The number of benzene rings is 2. The average molecular weight is 366 g/mol. The molecule has 0 unspecified atom stereocenters. The SMILES string of the molecule is CC(C)Oc1ccc(C(=O)N[C@@H](Cc2c[nH]c3ccccc23)C(=O)O)cc1. The molecule has 6 heteroatoms. The summed E-state index contributed by atoms with van der Waals surface area (Å²) in [7, 11) is 0. The first-order chi connectivity index (χ1) is 12.9. The Labute approximate surface area is 157 Å². The number of rotatable bonds is 7. The van der Waals surface area contributed by atoms with Crippen molar-refractivity contribution in [1.82, 2.24) is 10.3 Å². The molecular formula is C21H22N2O4. The van der Waals surface area contributed by atoms with Crippen molar-refractivity contribution < 1.29 is 19.4 Å². The molecule has 0 aliphatic carbocycles. The van der Waals surface area contributed by atoms with Gasteiger partial charge in [-0.05, 0) is 49.7 Å². The minimum Gasteiger partial charge on any atom is -0.491 e. The van der Waals surface area contributed by atoms with Gasteiger partial charge in [-0.15, -0.1) is 0 Å². The van der Waals surface area contributed by atoms with Crippen molar-refractivity contribution >= 4 is 22.8 Å². The van der Waals surface area contributed by atoms with E-state index < -0.39 is 17.9 Å². The Morgan fingerprint density at radius 1 is 1.11 bits per heavy atom. The number of carbonyl (C=O) groups is 2.